The molecule has 0 heterocycles. The molecule has 5 heteroatoms. The minimum absolute atomic E-state index is 0.00647. The van der Waals surface area contributed by atoms with Crippen LogP contribution in [0, 0.1) is 11.3 Å². The summed E-state index contributed by atoms with van der Waals surface area (Å²) < 4.78 is 5.19. The van der Waals surface area contributed by atoms with Crippen molar-refractivity contribution in [3.8, 4) is 11.8 Å². The van der Waals surface area contributed by atoms with Crippen LogP contribution < -0.4 is 10.5 Å². The van der Waals surface area contributed by atoms with E-state index in [1.165, 1.54) is 7.11 Å². The van der Waals surface area contributed by atoms with Crippen molar-refractivity contribution in [1.82, 2.24) is 4.90 Å². The van der Waals surface area contributed by atoms with Crippen LogP contribution in [-0.4, -0.2) is 30.5 Å². The minimum atomic E-state index is -0.172. The molecule has 0 atom stereocenters. The van der Waals surface area contributed by atoms with Crippen molar-refractivity contribution in [3.05, 3.63) is 23.8 Å². The Hall–Kier alpha value is -2.22. The highest BCUT2D eigenvalue weighted by atomic mass is 16.5. The summed E-state index contributed by atoms with van der Waals surface area (Å²) >= 11 is 0. The summed E-state index contributed by atoms with van der Waals surface area (Å²) in [6.07, 6.45) is 0.300. The molecule has 0 aliphatic carbocycles. The SMILES string of the molecule is COc1ccc(N)cc1C(=O)N(CCC#N)C(C)C. The molecule has 1 aromatic carbocycles. The molecule has 0 aliphatic rings. The Balaban J connectivity index is 3.09. The number of carbonyl (C=O) groups is 1. The zero-order valence-corrected chi connectivity index (χ0v) is 11.5. The van der Waals surface area contributed by atoms with Crippen molar-refractivity contribution in [3.63, 3.8) is 0 Å². The molecule has 19 heavy (non-hydrogen) atoms. The Morgan fingerprint density at radius 3 is 2.74 bits per heavy atom. The molecule has 0 spiro atoms. The lowest BCUT2D eigenvalue weighted by atomic mass is 10.1. The van der Waals surface area contributed by atoms with E-state index in [0.717, 1.165) is 0 Å². The number of nitriles is 1. The van der Waals surface area contributed by atoms with Gasteiger partial charge in [0.05, 0.1) is 25.2 Å². The molecule has 2 N–H and O–H groups in total. The summed E-state index contributed by atoms with van der Waals surface area (Å²) in [5.74, 6) is 0.316. The predicted octanol–water partition coefficient (Wildman–Crippen LogP) is 2.04. The van der Waals surface area contributed by atoms with Gasteiger partial charge in [0.1, 0.15) is 5.75 Å². The fourth-order valence-corrected chi connectivity index (χ4v) is 1.81. The smallest absolute Gasteiger partial charge is 0.257 e. The van der Waals surface area contributed by atoms with Crippen molar-refractivity contribution < 1.29 is 9.53 Å². The molecule has 0 radical (unpaired) electrons. The van der Waals surface area contributed by atoms with Crippen LogP contribution in [0.5, 0.6) is 5.75 Å². The molecule has 1 amide bonds. The number of nitrogen functional groups attached to an aromatic ring is 1. The highest BCUT2D eigenvalue weighted by Crippen LogP contribution is 2.23. The molecule has 1 aromatic rings. The van der Waals surface area contributed by atoms with E-state index in [1.54, 1.807) is 23.1 Å². The van der Waals surface area contributed by atoms with E-state index >= 15 is 0 Å². The number of hydrogen-bond donors (Lipinski definition) is 1. The zero-order chi connectivity index (χ0) is 14.4. The largest absolute Gasteiger partial charge is 0.496 e. The van der Waals surface area contributed by atoms with E-state index in [4.69, 9.17) is 15.7 Å². The zero-order valence-electron chi connectivity index (χ0n) is 11.5. The molecule has 102 valence electrons. The first-order valence-electron chi connectivity index (χ1n) is 6.12. The van der Waals surface area contributed by atoms with Crippen LogP contribution in [0.2, 0.25) is 0 Å². The third-order valence-corrected chi connectivity index (χ3v) is 2.80. The Labute approximate surface area is 113 Å². The second kappa shape index (κ2) is 6.64. The third-order valence-electron chi connectivity index (χ3n) is 2.80. The fourth-order valence-electron chi connectivity index (χ4n) is 1.81. The molecular weight excluding hydrogens is 242 g/mol. The maximum atomic E-state index is 12.5. The average molecular weight is 261 g/mol. The second-order valence-corrected chi connectivity index (χ2v) is 4.46. The lowest BCUT2D eigenvalue weighted by molar-refractivity contribution is 0.0707. The minimum Gasteiger partial charge on any atom is -0.496 e. The predicted molar refractivity (Wildman–Crippen MR) is 73.8 cm³/mol. The van der Waals surface area contributed by atoms with Gasteiger partial charge in [-0.2, -0.15) is 5.26 Å². The molecule has 0 aromatic heterocycles. The summed E-state index contributed by atoms with van der Waals surface area (Å²) in [6, 6.07) is 7.01. The Morgan fingerprint density at radius 2 is 2.21 bits per heavy atom. The summed E-state index contributed by atoms with van der Waals surface area (Å²) in [4.78, 5) is 14.1. The standard InChI is InChI=1S/C14H19N3O2/c1-10(2)17(8-4-7-15)14(18)12-9-11(16)5-6-13(12)19-3/h5-6,9-10H,4,8,16H2,1-3H3. The number of hydrogen-bond acceptors (Lipinski definition) is 4. The monoisotopic (exact) mass is 261 g/mol. The topological polar surface area (TPSA) is 79.3 Å². The number of anilines is 1. The van der Waals surface area contributed by atoms with Gasteiger partial charge in [-0.25, -0.2) is 0 Å². The lowest BCUT2D eigenvalue weighted by Gasteiger charge is -2.26. The number of carbonyl (C=O) groups excluding carboxylic acids is 1. The maximum absolute atomic E-state index is 12.5. The van der Waals surface area contributed by atoms with Gasteiger partial charge in [-0.05, 0) is 32.0 Å². The van der Waals surface area contributed by atoms with E-state index in [1.807, 2.05) is 19.9 Å². The van der Waals surface area contributed by atoms with Crippen molar-refractivity contribution in [2.75, 3.05) is 19.4 Å². The van der Waals surface area contributed by atoms with Crippen LogP contribution in [0.15, 0.2) is 18.2 Å². The first-order valence-corrected chi connectivity index (χ1v) is 6.12. The van der Waals surface area contributed by atoms with E-state index in [2.05, 4.69) is 0 Å². The number of methoxy groups -OCH3 is 1. The van der Waals surface area contributed by atoms with E-state index < -0.39 is 0 Å². The number of nitrogens with zero attached hydrogens (tertiary/aromatic N) is 2. The summed E-state index contributed by atoms with van der Waals surface area (Å²) in [7, 11) is 1.51. The van der Waals surface area contributed by atoms with E-state index in [0.29, 0.717) is 30.0 Å². The summed E-state index contributed by atoms with van der Waals surface area (Å²) in [5, 5.41) is 8.66. The lowest BCUT2D eigenvalue weighted by Crippen LogP contribution is -2.37. The van der Waals surface area contributed by atoms with Crippen LogP contribution >= 0.6 is 0 Å². The van der Waals surface area contributed by atoms with E-state index in [-0.39, 0.29) is 11.9 Å². The quantitative estimate of drug-likeness (QED) is 0.822. The number of benzene rings is 1. The first kappa shape index (κ1) is 14.8. The molecule has 5 nitrogen and oxygen atoms in total. The van der Waals surface area contributed by atoms with Gasteiger partial charge in [-0.1, -0.05) is 0 Å². The fraction of sp³-hybridized carbons (Fsp3) is 0.429. The van der Waals surface area contributed by atoms with Crippen molar-refractivity contribution >= 4 is 11.6 Å². The third kappa shape index (κ3) is 3.62. The normalized spacial score (nSPS) is 10.1. The molecule has 0 unspecified atom stereocenters. The van der Waals surface area contributed by atoms with Gasteiger partial charge in [-0.15, -0.1) is 0 Å². The number of amides is 1. The van der Waals surface area contributed by atoms with E-state index in [9.17, 15) is 4.79 Å². The Bertz CT molecular complexity index is 492. The average Bonchev–Trinajstić information content (AvgIpc) is 2.38. The Kier molecular flexibility index (Phi) is 5.19. The van der Waals surface area contributed by atoms with Gasteiger partial charge < -0.3 is 15.4 Å². The molecule has 0 saturated heterocycles. The van der Waals surface area contributed by atoms with Crippen molar-refractivity contribution in [2.24, 2.45) is 0 Å². The second-order valence-electron chi connectivity index (χ2n) is 4.46. The molecule has 0 saturated carbocycles. The number of nitrogens with two attached hydrogens (primary N) is 1. The van der Waals surface area contributed by atoms with Crippen LogP contribution in [0.25, 0.3) is 0 Å². The number of rotatable bonds is 5. The Morgan fingerprint density at radius 1 is 1.53 bits per heavy atom. The van der Waals surface area contributed by atoms with Gasteiger partial charge in [0.25, 0.3) is 5.91 Å². The van der Waals surface area contributed by atoms with Gasteiger partial charge in [-0.3, -0.25) is 4.79 Å². The molecule has 0 bridgehead atoms. The van der Waals surface area contributed by atoms with Gasteiger partial charge in [0, 0.05) is 18.3 Å². The molecule has 1 rings (SSSR count). The maximum Gasteiger partial charge on any atom is 0.257 e. The van der Waals surface area contributed by atoms with Crippen molar-refractivity contribution in [1.29, 1.82) is 5.26 Å². The van der Waals surface area contributed by atoms with Gasteiger partial charge in [0.2, 0.25) is 0 Å². The van der Waals surface area contributed by atoms with Crippen LogP contribution in [0.4, 0.5) is 5.69 Å². The number of ether oxygens (including phenoxy) is 1. The highest BCUT2D eigenvalue weighted by molar-refractivity contribution is 5.98. The van der Waals surface area contributed by atoms with Gasteiger partial charge in [0.15, 0.2) is 0 Å². The summed E-state index contributed by atoms with van der Waals surface area (Å²) in [6.45, 7) is 4.22. The molecular formula is C14H19N3O2. The molecule has 0 fully saturated rings. The van der Waals surface area contributed by atoms with Crippen LogP contribution in [-0.2, 0) is 0 Å². The van der Waals surface area contributed by atoms with Gasteiger partial charge >= 0.3 is 0 Å². The highest BCUT2D eigenvalue weighted by Gasteiger charge is 2.21. The van der Waals surface area contributed by atoms with Crippen LogP contribution in [0.1, 0.15) is 30.6 Å². The first-order chi connectivity index (χ1) is 9.01. The van der Waals surface area contributed by atoms with Crippen LogP contribution in [0.3, 0.4) is 0 Å². The van der Waals surface area contributed by atoms with Crippen molar-refractivity contribution in [2.45, 2.75) is 26.3 Å². The molecule has 0 aliphatic heterocycles. The summed E-state index contributed by atoms with van der Waals surface area (Å²) in [5.41, 5.74) is 6.65.